The predicted molar refractivity (Wildman–Crippen MR) is 56.1 cm³/mol. The van der Waals surface area contributed by atoms with Crippen LogP contribution in [0.2, 0.25) is 0 Å². The highest BCUT2D eigenvalue weighted by atomic mass is 15.5. The number of hydrogen-bond acceptors (Lipinski definition) is 3. The molecule has 1 heterocycles. The van der Waals surface area contributed by atoms with Gasteiger partial charge in [-0.05, 0) is 24.5 Å². The highest BCUT2D eigenvalue weighted by Gasteiger charge is 2.11. The van der Waals surface area contributed by atoms with Gasteiger partial charge in [0.05, 0.1) is 0 Å². The number of hydrazine groups is 1. The summed E-state index contributed by atoms with van der Waals surface area (Å²) in [4.78, 5) is 4.33. The largest absolute Gasteiger partial charge is 0.267 e. The second kappa shape index (κ2) is 4.23. The summed E-state index contributed by atoms with van der Waals surface area (Å²) in [6.45, 7) is 6.45. The van der Waals surface area contributed by atoms with Gasteiger partial charge < -0.3 is 0 Å². The number of rotatable bonds is 2. The van der Waals surface area contributed by atoms with Gasteiger partial charge in [-0.15, -0.1) is 0 Å². The maximum atomic E-state index is 4.33. The van der Waals surface area contributed by atoms with E-state index in [1.54, 1.807) is 0 Å². The van der Waals surface area contributed by atoms with Crippen LogP contribution in [-0.4, -0.2) is 18.3 Å². The molecule has 3 heteroatoms. The Labute approximate surface area is 79.8 Å². The quantitative estimate of drug-likeness (QED) is 0.701. The molecule has 0 amide bonds. The van der Waals surface area contributed by atoms with Crippen LogP contribution in [0.1, 0.15) is 20.8 Å². The Balaban J connectivity index is 2.95. The Hall–Kier alpha value is -1.09. The van der Waals surface area contributed by atoms with E-state index in [-0.39, 0.29) is 0 Å². The zero-order chi connectivity index (χ0) is 9.84. The van der Waals surface area contributed by atoms with Gasteiger partial charge in [-0.2, -0.15) is 0 Å². The lowest BCUT2D eigenvalue weighted by Crippen LogP contribution is -2.31. The molecule has 1 aliphatic rings. The summed E-state index contributed by atoms with van der Waals surface area (Å²) in [6, 6.07) is 0. The number of nitrogens with zero attached hydrogens (tertiary/aromatic N) is 2. The van der Waals surface area contributed by atoms with E-state index in [1.807, 2.05) is 30.5 Å². The maximum absolute atomic E-state index is 4.33. The second-order valence-corrected chi connectivity index (χ2v) is 3.37. The van der Waals surface area contributed by atoms with Crippen molar-refractivity contribution in [3.63, 3.8) is 0 Å². The van der Waals surface area contributed by atoms with Gasteiger partial charge in [0.25, 0.3) is 0 Å². The van der Waals surface area contributed by atoms with Crippen molar-refractivity contribution in [1.82, 2.24) is 10.4 Å². The Kier molecular flexibility index (Phi) is 3.25. The third kappa shape index (κ3) is 2.18. The van der Waals surface area contributed by atoms with E-state index in [2.05, 4.69) is 31.2 Å². The maximum Gasteiger partial charge on any atom is 0.145 e. The van der Waals surface area contributed by atoms with Crippen molar-refractivity contribution >= 4 is 6.21 Å². The molecule has 0 unspecified atom stereocenters. The van der Waals surface area contributed by atoms with Gasteiger partial charge in [-0.1, -0.05) is 13.8 Å². The van der Waals surface area contributed by atoms with Crippen LogP contribution in [0.5, 0.6) is 0 Å². The van der Waals surface area contributed by atoms with E-state index in [0.29, 0.717) is 5.92 Å². The van der Waals surface area contributed by atoms with Crippen molar-refractivity contribution in [1.29, 1.82) is 0 Å². The Morgan fingerprint density at radius 3 is 2.77 bits per heavy atom. The molecule has 0 fully saturated rings. The molecule has 0 radical (unpaired) electrons. The molecule has 0 aromatic carbocycles. The van der Waals surface area contributed by atoms with Crippen molar-refractivity contribution in [2.24, 2.45) is 10.9 Å². The first-order valence-corrected chi connectivity index (χ1v) is 4.55. The first-order valence-electron chi connectivity index (χ1n) is 4.55. The van der Waals surface area contributed by atoms with Crippen molar-refractivity contribution in [3.8, 4) is 0 Å². The predicted octanol–water partition coefficient (Wildman–Crippen LogP) is 1.91. The van der Waals surface area contributed by atoms with E-state index < -0.39 is 0 Å². The molecule has 0 aromatic heterocycles. The lowest BCUT2D eigenvalue weighted by Gasteiger charge is -2.24. The van der Waals surface area contributed by atoms with Crippen LogP contribution in [0, 0.1) is 5.92 Å². The first kappa shape index (κ1) is 9.99. The Morgan fingerprint density at radius 2 is 2.23 bits per heavy atom. The summed E-state index contributed by atoms with van der Waals surface area (Å²) in [5, 5.41) is 1.93. The van der Waals surface area contributed by atoms with Crippen LogP contribution >= 0.6 is 0 Å². The van der Waals surface area contributed by atoms with E-state index in [0.717, 1.165) is 5.82 Å². The van der Waals surface area contributed by atoms with Gasteiger partial charge in [0.15, 0.2) is 0 Å². The van der Waals surface area contributed by atoms with Gasteiger partial charge >= 0.3 is 0 Å². The summed E-state index contributed by atoms with van der Waals surface area (Å²) in [5.41, 5.74) is 4.35. The molecule has 0 aliphatic carbocycles. The molecule has 0 bridgehead atoms. The number of nitrogens with one attached hydrogen (secondary N) is 1. The van der Waals surface area contributed by atoms with Gasteiger partial charge in [0.1, 0.15) is 5.82 Å². The first-order chi connectivity index (χ1) is 6.16. The molecule has 3 nitrogen and oxygen atoms in total. The van der Waals surface area contributed by atoms with Crippen LogP contribution in [0.3, 0.4) is 0 Å². The van der Waals surface area contributed by atoms with Crippen molar-refractivity contribution in [2.45, 2.75) is 20.8 Å². The zero-order valence-corrected chi connectivity index (χ0v) is 8.70. The second-order valence-electron chi connectivity index (χ2n) is 3.37. The van der Waals surface area contributed by atoms with Crippen LogP contribution in [0.15, 0.2) is 28.7 Å². The lowest BCUT2D eigenvalue weighted by molar-refractivity contribution is 0.360. The monoisotopic (exact) mass is 179 g/mol. The fourth-order valence-corrected chi connectivity index (χ4v) is 1.10. The molecule has 0 spiro atoms. The third-order valence-electron chi connectivity index (χ3n) is 2.21. The Bertz CT molecular complexity index is 261. The molecule has 1 N–H and O–H groups in total. The van der Waals surface area contributed by atoms with Gasteiger partial charge in [-0.25, -0.2) is 10.4 Å². The van der Waals surface area contributed by atoms with Gasteiger partial charge in [-0.3, -0.25) is 5.01 Å². The number of hydrogen-bond donors (Lipinski definition) is 1. The molecule has 13 heavy (non-hydrogen) atoms. The minimum Gasteiger partial charge on any atom is -0.267 e. The summed E-state index contributed by atoms with van der Waals surface area (Å²) in [7, 11) is 1.89. The summed E-state index contributed by atoms with van der Waals surface area (Å²) in [5.74, 6) is 1.52. The van der Waals surface area contributed by atoms with Crippen LogP contribution in [0.4, 0.5) is 0 Å². The SMILES string of the molecule is CNN1C=CC=N/C1=C(/C)C(C)C. The third-order valence-corrected chi connectivity index (χ3v) is 2.21. The van der Waals surface area contributed by atoms with Gasteiger partial charge in [0.2, 0.25) is 0 Å². The smallest absolute Gasteiger partial charge is 0.145 e. The molecule has 1 aliphatic heterocycles. The number of aliphatic imine (C=N–C) groups is 1. The van der Waals surface area contributed by atoms with Crippen LogP contribution < -0.4 is 5.43 Å². The molecule has 1 rings (SSSR count). The van der Waals surface area contributed by atoms with E-state index in [9.17, 15) is 0 Å². The molecule has 0 saturated carbocycles. The zero-order valence-electron chi connectivity index (χ0n) is 8.70. The normalized spacial score (nSPS) is 19.9. The van der Waals surface area contributed by atoms with Crippen molar-refractivity contribution < 1.29 is 0 Å². The van der Waals surface area contributed by atoms with Crippen LogP contribution in [-0.2, 0) is 0 Å². The minimum absolute atomic E-state index is 0.523. The van der Waals surface area contributed by atoms with Crippen molar-refractivity contribution in [3.05, 3.63) is 23.7 Å². The standard InChI is InChI=1S/C10H17N3/c1-8(2)9(3)10-12-6-5-7-13(10)11-4/h5-8,11H,1-4H3/b10-9+. The van der Waals surface area contributed by atoms with E-state index in [1.165, 1.54) is 5.57 Å². The highest BCUT2D eigenvalue weighted by molar-refractivity contribution is 5.73. The minimum atomic E-state index is 0.523. The average molecular weight is 179 g/mol. The highest BCUT2D eigenvalue weighted by Crippen LogP contribution is 2.18. The Morgan fingerprint density at radius 1 is 1.54 bits per heavy atom. The fraction of sp³-hybridized carbons (Fsp3) is 0.500. The fourth-order valence-electron chi connectivity index (χ4n) is 1.10. The van der Waals surface area contributed by atoms with Gasteiger partial charge in [0, 0.05) is 19.5 Å². The molecular formula is C10H17N3. The van der Waals surface area contributed by atoms with Crippen molar-refractivity contribution in [2.75, 3.05) is 7.05 Å². The van der Waals surface area contributed by atoms with E-state index >= 15 is 0 Å². The molecule has 0 saturated heterocycles. The average Bonchev–Trinajstić information content (AvgIpc) is 2.16. The lowest BCUT2D eigenvalue weighted by atomic mass is 10.1. The van der Waals surface area contributed by atoms with Crippen LogP contribution in [0.25, 0.3) is 0 Å². The molecular weight excluding hydrogens is 162 g/mol. The topological polar surface area (TPSA) is 27.6 Å². The number of allylic oxidation sites excluding steroid dienone is 2. The molecule has 0 atom stereocenters. The molecule has 72 valence electrons. The summed E-state index contributed by atoms with van der Waals surface area (Å²) < 4.78 is 0. The molecule has 0 aromatic rings. The summed E-state index contributed by atoms with van der Waals surface area (Å²) in [6.07, 6.45) is 5.69. The summed E-state index contributed by atoms with van der Waals surface area (Å²) >= 11 is 0. The van der Waals surface area contributed by atoms with E-state index in [4.69, 9.17) is 0 Å².